The fourth-order valence-corrected chi connectivity index (χ4v) is 1.59. The van der Waals surface area contributed by atoms with Crippen LogP contribution in [0, 0.1) is 13.8 Å². The third-order valence-electron chi connectivity index (χ3n) is 2.41. The summed E-state index contributed by atoms with van der Waals surface area (Å²) in [6, 6.07) is 8.20. The van der Waals surface area contributed by atoms with Crippen LogP contribution in [-0.4, -0.2) is 15.1 Å². The second-order valence-electron chi connectivity index (χ2n) is 3.68. The van der Waals surface area contributed by atoms with Crippen LogP contribution in [0.3, 0.4) is 0 Å². The van der Waals surface area contributed by atoms with Gasteiger partial charge in [0.25, 0.3) is 0 Å². The molecule has 78 valence electrons. The normalized spacial score (nSPS) is 10.6. The van der Waals surface area contributed by atoms with Crippen molar-refractivity contribution in [2.45, 2.75) is 20.5 Å². The van der Waals surface area contributed by atoms with Crippen LogP contribution in [-0.2, 0) is 6.61 Å². The molecule has 0 aliphatic carbocycles. The highest BCUT2D eigenvalue weighted by atomic mass is 16.3. The third-order valence-corrected chi connectivity index (χ3v) is 2.41. The zero-order valence-corrected chi connectivity index (χ0v) is 8.91. The van der Waals surface area contributed by atoms with Crippen LogP contribution in [0.2, 0.25) is 0 Å². The standard InChI is InChI=1S/C12H14N2O/c1-8-3-5-10(6-4-8)12-9(2)13-11(7-15)14-12/h3-6,15H,7H2,1-2H3,(H,13,14). The SMILES string of the molecule is Cc1ccc(-c2nc(CO)[nH]c2C)cc1. The lowest BCUT2D eigenvalue weighted by atomic mass is 10.1. The zero-order valence-electron chi connectivity index (χ0n) is 8.91. The number of aromatic nitrogens is 2. The van der Waals surface area contributed by atoms with Crippen molar-refractivity contribution < 1.29 is 5.11 Å². The minimum Gasteiger partial charge on any atom is -0.388 e. The van der Waals surface area contributed by atoms with Crippen molar-refractivity contribution >= 4 is 0 Å². The van der Waals surface area contributed by atoms with Crippen molar-refractivity contribution in [1.82, 2.24) is 9.97 Å². The Morgan fingerprint density at radius 2 is 1.87 bits per heavy atom. The number of aliphatic hydroxyl groups excluding tert-OH is 1. The summed E-state index contributed by atoms with van der Waals surface area (Å²) in [6.45, 7) is 3.97. The second kappa shape index (κ2) is 3.87. The highest BCUT2D eigenvalue weighted by Gasteiger charge is 2.07. The van der Waals surface area contributed by atoms with E-state index in [1.54, 1.807) is 0 Å². The smallest absolute Gasteiger partial charge is 0.132 e. The maximum atomic E-state index is 8.97. The highest BCUT2D eigenvalue weighted by molar-refractivity contribution is 5.62. The molecule has 15 heavy (non-hydrogen) atoms. The van der Waals surface area contributed by atoms with E-state index in [-0.39, 0.29) is 6.61 Å². The fourth-order valence-electron chi connectivity index (χ4n) is 1.59. The predicted octanol–water partition coefficient (Wildman–Crippen LogP) is 2.19. The number of imidazole rings is 1. The maximum Gasteiger partial charge on any atom is 0.132 e. The van der Waals surface area contributed by atoms with Gasteiger partial charge in [-0.2, -0.15) is 0 Å². The number of nitrogens with zero attached hydrogens (tertiary/aromatic N) is 1. The van der Waals surface area contributed by atoms with E-state index in [4.69, 9.17) is 5.11 Å². The molecule has 0 radical (unpaired) electrons. The molecule has 1 heterocycles. The molecule has 0 amide bonds. The number of rotatable bonds is 2. The Balaban J connectivity index is 2.44. The van der Waals surface area contributed by atoms with Crippen molar-refractivity contribution in [2.24, 2.45) is 0 Å². The van der Waals surface area contributed by atoms with Crippen LogP contribution in [0.4, 0.5) is 0 Å². The van der Waals surface area contributed by atoms with E-state index in [1.807, 2.05) is 19.1 Å². The molecule has 0 spiro atoms. The molecule has 2 N–H and O–H groups in total. The van der Waals surface area contributed by atoms with E-state index >= 15 is 0 Å². The summed E-state index contributed by atoms with van der Waals surface area (Å²) in [5.74, 6) is 0.614. The van der Waals surface area contributed by atoms with Gasteiger partial charge >= 0.3 is 0 Å². The van der Waals surface area contributed by atoms with Gasteiger partial charge in [-0.25, -0.2) is 4.98 Å². The first kappa shape index (κ1) is 9.93. The molecule has 2 aromatic rings. The Hall–Kier alpha value is -1.61. The van der Waals surface area contributed by atoms with E-state index in [9.17, 15) is 0 Å². The molecule has 0 unspecified atom stereocenters. The van der Waals surface area contributed by atoms with Crippen molar-refractivity contribution in [3.05, 3.63) is 41.3 Å². The number of aliphatic hydroxyl groups is 1. The van der Waals surface area contributed by atoms with Crippen molar-refractivity contribution in [1.29, 1.82) is 0 Å². The first-order valence-corrected chi connectivity index (χ1v) is 4.94. The van der Waals surface area contributed by atoms with Gasteiger partial charge in [0.1, 0.15) is 12.4 Å². The molecule has 0 fully saturated rings. The van der Waals surface area contributed by atoms with Gasteiger partial charge in [0, 0.05) is 11.3 Å². The number of hydrogen-bond donors (Lipinski definition) is 2. The van der Waals surface area contributed by atoms with Gasteiger partial charge in [0.2, 0.25) is 0 Å². The maximum absolute atomic E-state index is 8.97. The number of aromatic amines is 1. The second-order valence-corrected chi connectivity index (χ2v) is 3.68. The molecule has 0 aliphatic heterocycles. The van der Waals surface area contributed by atoms with Crippen LogP contribution in [0.5, 0.6) is 0 Å². The van der Waals surface area contributed by atoms with Crippen molar-refractivity contribution in [3.8, 4) is 11.3 Å². The molecule has 3 heteroatoms. The molecular formula is C12H14N2O. The quantitative estimate of drug-likeness (QED) is 0.784. The number of H-pyrrole nitrogens is 1. The van der Waals surface area contributed by atoms with Crippen LogP contribution in [0.1, 0.15) is 17.1 Å². The van der Waals surface area contributed by atoms with E-state index in [2.05, 4.69) is 29.0 Å². The van der Waals surface area contributed by atoms with Gasteiger partial charge in [0.05, 0.1) is 5.69 Å². The summed E-state index contributed by atoms with van der Waals surface area (Å²) in [5.41, 5.74) is 4.21. The van der Waals surface area contributed by atoms with Crippen molar-refractivity contribution in [2.75, 3.05) is 0 Å². The van der Waals surface area contributed by atoms with Gasteiger partial charge < -0.3 is 10.1 Å². The monoisotopic (exact) mass is 202 g/mol. The number of hydrogen-bond acceptors (Lipinski definition) is 2. The largest absolute Gasteiger partial charge is 0.388 e. The van der Waals surface area contributed by atoms with E-state index in [1.165, 1.54) is 5.56 Å². The molecule has 0 saturated carbocycles. The molecule has 1 aromatic heterocycles. The Morgan fingerprint density at radius 1 is 1.20 bits per heavy atom. The molecular weight excluding hydrogens is 188 g/mol. The fraction of sp³-hybridized carbons (Fsp3) is 0.250. The average molecular weight is 202 g/mol. The number of nitrogens with one attached hydrogen (secondary N) is 1. The lowest BCUT2D eigenvalue weighted by molar-refractivity contribution is 0.272. The zero-order chi connectivity index (χ0) is 10.8. The Kier molecular flexibility index (Phi) is 2.56. The van der Waals surface area contributed by atoms with Crippen molar-refractivity contribution in [3.63, 3.8) is 0 Å². The Bertz CT molecular complexity index is 457. The van der Waals surface area contributed by atoms with Gasteiger partial charge in [0.15, 0.2) is 0 Å². The molecule has 0 saturated heterocycles. The number of benzene rings is 1. The van der Waals surface area contributed by atoms with Crippen LogP contribution < -0.4 is 0 Å². The molecule has 3 nitrogen and oxygen atoms in total. The summed E-state index contributed by atoms with van der Waals surface area (Å²) in [6.07, 6.45) is 0. The van der Waals surface area contributed by atoms with E-state index in [0.717, 1.165) is 17.0 Å². The van der Waals surface area contributed by atoms with E-state index in [0.29, 0.717) is 5.82 Å². The summed E-state index contributed by atoms with van der Waals surface area (Å²) in [4.78, 5) is 7.37. The van der Waals surface area contributed by atoms with Gasteiger partial charge in [-0.1, -0.05) is 29.8 Å². The summed E-state index contributed by atoms with van der Waals surface area (Å²) in [7, 11) is 0. The first-order chi connectivity index (χ1) is 7.20. The molecule has 0 atom stereocenters. The van der Waals surface area contributed by atoms with Gasteiger partial charge in [-0.15, -0.1) is 0 Å². The van der Waals surface area contributed by atoms with Crippen LogP contribution >= 0.6 is 0 Å². The number of aryl methyl sites for hydroxylation is 2. The summed E-state index contributed by atoms with van der Waals surface area (Å²) < 4.78 is 0. The molecule has 0 aliphatic rings. The highest BCUT2D eigenvalue weighted by Crippen LogP contribution is 2.21. The minimum atomic E-state index is -0.0489. The topological polar surface area (TPSA) is 48.9 Å². The van der Waals surface area contributed by atoms with Crippen LogP contribution in [0.15, 0.2) is 24.3 Å². The minimum absolute atomic E-state index is 0.0489. The molecule has 0 bridgehead atoms. The van der Waals surface area contributed by atoms with E-state index < -0.39 is 0 Å². The third kappa shape index (κ3) is 1.92. The van der Waals surface area contributed by atoms with Crippen LogP contribution in [0.25, 0.3) is 11.3 Å². The predicted molar refractivity (Wildman–Crippen MR) is 59.4 cm³/mol. The van der Waals surface area contributed by atoms with Gasteiger partial charge in [-0.3, -0.25) is 0 Å². The Morgan fingerprint density at radius 3 is 2.40 bits per heavy atom. The molecule has 1 aromatic carbocycles. The average Bonchev–Trinajstić information content (AvgIpc) is 2.61. The lowest BCUT2D eigenvalue weighted by Gasteiger charge is -1.98. The lowest BCUT2D eigenvalue weighted by Crippen LogP contribution is -1.84. The van der Waals surface area contributed by atoms with Gasteiger partial charge in [-0.05, 0) is 13.8 Å². The summed E-state index contributed by atoms with van der Waals surface area (Å²) >= 11 is 0. The first-order valence-electron chi connectivity index (χ1n) is 4.94. The Labute approximate surface area is 88.8 Å². The molecule has 2 rings (SSSR count). The summed E-state index contributed by atoms with van der Waals surface area (Å²) in [5, 5.41) is 8.97.